The minimum absolute atomic E-state index is 0.0798. The fourth-order valence-electron chi connectivity index (χ4n) is 4.37. The van der Waals surface area contributed by atoms with E-state index in [4.69, 9.17) is 32.7 Å². The Morgan fingerprint density at radius 1 is 0.907 bits per heavy atom. The van der Waals surface area contributed by atoms with Gasteiger partial charge in [0.1, 0.15) is 12.4 Å². The van der Waals surface area contributed by atoms with E-state index >= 15 is 0 Å². The van der Waals surface area contributed by atoms with Crippen LogP contribution in [-0.2, 0) is 22.6 Å². The van der Waals surface area contributed by atoms with Gasteiger partial charge in [0.25, 0.3) is 5.69 Å². The molecule has 0 amide bonds. The highest BCUT2D eigenvalue weighted by Crippen LogP contribution is 2.23. The van der Waals surface area contributed by atoms with Gasteiger partial charge in [-0.1, -0.05) is 52.3 Å². The number of unbranched alkanes of at least 4 members (excludes halogenated alkanes) is 1. The molecule has 0 saturated carbocycles. The average Bonchev–Trinajstić information content (AvgIpc) is 3.02. The van der Waals surface area contributed by atoms with Gasteiger partial charge in [-0.3, -0.25) is 14.9 Å². The Kier molecular flexibility index (Phi) is 15.4. The van der Waals surface area contributed by atoms with Crippen LogP contribution in [0.3, 0.4) is 0 Å². The molecule has 0 heterocycles. The van der Waals surface area contributed by atoms with Crippen molar-refractivity contribution >= 4 is 68.6 Å². The van der Waals surface area contributed by atoms with Crippen molar-refractivity contribution in [2.24, 2.45) is 0 Å². The number of anilines is 1. The minimum Gasteiger partial charge on any atom is -0.494 e. The largest absolute Gasteiger partial charge is 0.494 e. The molecule has 0 unspecified atom stereocenters. The number of alkyl halides is 3. The first-order chi connectivity index (χ1) is 20.9. The Labute approximate surface area is 272 Å². The van der Waals surface area contributed by atoms with Crippen LogP contribution in [-0.4, -0.2) is 47.7 Å². The van der Waals surface area contributed by atoms with Crippen molar-refractivity contribution in [1.82, 2.24) is 0 Å². The molecule has 3 aromatic rings. The molecule has 0 saturated heterocycles. The van der Waals surface area contributed by atoms with E-state index in [1.54, 1.807) is 12.1 Å². The molecule has 10 heteroatoms. The number of benzene rings is 3. The summed E-state index contributed by atoms with van der Waals surface area (Å²) in [6.07, 6.45) is 7.39. The van der Waals surface area contributed by atoms with Gasteiger partial charge in [0, 0.05) is 48.4 Å². The Bertz CT molecular complexity index is 1310. The first kappa shape index (κ1) is 34.4. The maximum absolute atomic E-state index is 12.4. The lowest BCUT2D eigenvalue weighted by Crippen LogP contribution is -2.27. The smallest absolute Gasteiger partial charge is 0.306 e. The normalized spacial score (nSPS) is 11.0. The van der Waals surface area contributed by atoms with Gasteiger partial charge in [0.2, 0.25) is 0 Å². The van der Waals surface area contributed by atoms with E-state index in [9.17, 15) is 14.9 Å². The van der Waals surface area contributed by atoms with Crippen LogP contribution in [0.25, 0.3) is 12.2 Å². The number of halogens is 3. The molecule has 0 atom stereocenters. The van der Waals surface area contributed by atoms with E-state index < -0.39 is 10.9 Å². The van der Waals surface area contributed by atoms with Crippen LogP contribution in [0.4, 0.5) is 11.4 Å². The average molecular weight is 692 g/mol. The zero-order valence-corrected chi connectivity index (χ0v) is 27.2. The highest BCUT2D eigenvalue weighted by molar-refractivity contribution is 9.09. The third-order valence-electron chi connectivity index (χ3n) is 6.69. The van der Waals surface area contributed by atoms with E-state index in [2.05, 4.69) is 20.8 Å². The van der Waals surface area contributed by atoms with Gasteiger partial charge >= 0.3 is 5.97 Å². The monoisotopic (exact) mass is 690 g/mol. The van der Waals surface area contributed by atoms with Crippen molar-refractivity contribution in [3.8, 4) is 5.75 Å². The van der Waals surface area contributed by atoms with E-state index in [1.165, 1.54) is 6.07 Å². The molecule has 0 N–H and O–H groups in total. The first-order valence-corrected chi connectivity index (χ1v) is 16.5. The third kappa shape index (κ3) is 12.2. The summed E-state index contributed by atoms with van der Waals surface area (Å²) in [5.41, 5.74) is 4.17. The molecule has 7 nitrogen and oxygen atoms in total. The number of ether oxygens (including phenoxy) is 2. The third-order valence-corrected chi connectivity index (χ3v) is 7.59. The van der Waals surface area contributed by atoms with Crippen molar-refractivity contribution in [2.75, 3.05) is 41.7 Å². The molecule has 3 rings (SSSR count). The Balaban J connectivity index is 1.51. The molecule has 0 spiro atoms. The number of carbonyl (C=O) groups is 1. The molecule has 0 fully saturated rings. The zero-order valence-electron chi connectivity index (χ0n) is 24.1. The molecule has 0 aromatic heterocycles. The van der Waals surface area contributed by atoms with Gasteiger partial charge in [-0.15, -0.1) is 23.2 Å². The lowest BCUT2D eigenvalue weighted by molar-refractivity contribution is -0.385. The Morgan fingerprint density at radius 2 is 1.58 bits per heavy atom. The maximum Gasteiger partial charge on any atom is 0.306 e. The maximum atomic E-state index is 12.4. The van der Waals surface area contributed by atoms with Gasteiger partial charge in [0.15, 0.2) is 0 Å². The van der Waals surface area contributed by atoms with Crippen molar-refractivity contribution in [1.29, 1.82) is 0 Å². The standard InChI is InChI=1S/C33H37BrCl2N2O5/c34-18-1-2-23-42-31-15-10-27(11-16-31)6-7-28-12-17-32(38(40)41)29(24-28)25-43-33(39)5-3-4-26-8-13-30(14-9-26)37(21-19-35)22-20-36/h6-17,24H,1-5,18-23,25H2/b7-6+. The summed E-state index contributed by atoms with van der Waals surface area (Å²) in [4.78, 5) is 25.7. The number of hydrogen-bond acceptors (Lipinski definition) is 6. The van der Waals surface area contributed by atoms with Gasteiger partial charge in [-0.25, -0.2) is 0 Å². The quantitative estimate of drug-likeness (QED) is 0.0313. The van der Waals surface area contributed by atoms with Crippen molar-refractivity contribution < 1.29 is 19.2 Å². The van der Waals surface area contributed by atoms with Crippen LogP contribution in [0.1, 0.15) is 47.9 Å². The predicted molar refractivity (Wildman–Crippen MR) is 180 cm³/mol. The number of nitro benzene ring substituents is 1. The highest BCUT2D eigenvalue weighted by atomic mass is 79.9. The summed E-state index contributed by atoms with van der Waals surface area (Å²) in [5, 5.41) is 12.6. The SMILES string of the molecule is O=C(CCCc1ccc(N(CCCl)CCCl)cc1)OCc1cc(/C=C/c2ccc(OCCCCBr)cc2)ccc1[N+](=O)[O-]. The lowest BCUT2D eigenvalue weighted by Gasteiger charge is -2.23. The summed E-state index contributed by atoms with van der Waals surface area (Å²) in [6.45, 7) is 1.95. The van der Waals surface area contributed by atoms with Crippen LogP contribution < -0.4 is 9.64 Å². The number of aryl methyl sites for hydroxylation is 1. The number of rotatable bonds is 19. The second-order valence-electron chi connectivity index (χ2n) is 9.84. The van der Waals surface area contributed by atoms with E-state index in [0.29, 0.717) is 36.8 Å². The Hall–Kier alpha value is -3.07. The molecule has 43 heavy (non-hydrogen) atoms. The van der Waals surface area contributed by atoms with Gasteiger partial charge in [-0.2, -0.15) is 0 Å². The zero-order chi connectivity index (χ0) is 30.9. The van der Waals surface area contributed by atoms with Crippen LogP contribution in [0.5, 0.6) is 5.75 Å². The van der Waals surface area contributed by atoms with Crippen LogP contribution >= 0.6 is 39.1 Å². The molecule has 0 aliphatic rings. The molecule has 0 bridgehead atoms. The summed E-state index contributed by atoms with van der Waals surface area (Å²) < 4.78 is 11.2. The predicted octanol–water partition coefficient (Wildman–Crippen LogP) is 8.67. The van der Waals surface area contributed by atoms with E-state index in [1.807, 2.05) is 60.7 Å². The molecule has 0 radical (unpaired) electrons. The van der Waals surface area contributed by atoms with E-state index in [0.717, 1.165) is 59.4 Å². The molecular weight excluding hydrogens is 655 g/mol. The molecule has 0 aliphatic carbocycles. The van der Waals surface area contributed by atoms with Crippen LogP contribution in [0, 0.1) is 10.1 Å². The molecule has 230 valence electrons. The molecule has 0 aliphatic heterocycles. The number of nitro groups is 1. The van der Waals surface area contributed by atoms with Crippen molar-refractivity contribution in [3.05, 3.63) is 99.1 Å². The summed E-state index contributed by atoms with van der Waals surface area (Å²) in [6, 6.07) is 20.7. The van der Waals surface area contributed by atoms with Crippen molar-refractivity contribution in [2.45, 2.75) is 38.7 Å². The lowest BCUT2D eigenvalue weighted by atomic mass is 10.1. The first-order valence-electron chi connectivity index (χ1n) is 14.3. The van der Waals surface area contributed by atoms with Crippen molar-refractivity contribution in [3.63, 3.8) is 0 Å². The van der Waals surface area contributed by atoms with Crippen LogP contribution in [0.2, 0.25) is 0 Å². The van der Waals surface area contributed by atoms with E-state index in [-0.39, 0.29) is 18.7 Å². The number of nitrogens with zero attached hydrogens (tertiary/aromatic N) is 2. The summed E-state index contributed by atoms with van der Waals surface area (Å²) in [5.74, 6) is 1.47. The fourth-order valence-corrected chi connectivity index (χ4v) is 5.18. The second kappa shape index (κ2) is 19.3. The van der Waals surface area contributed by atoms with Gasteiger partial charge in [0.05, 0.1) is 17.1 Å². The second-order valence-corrected chi connectivity index (χ2v) is 11.4. The summed E-state index contributed by atoms with van der Waals surface area (Å²) in [7, 11) is 0. The molecule has 3 aromatic carbocycles. The number of hydrogen-bond donors (Lipinski definition) is 0. The molecular formula is C33H37BrCl2N2O5. The van der Waals surface area contributed by atoms with Crippen LogP contribution in [0.15, 0.2) is 66.7 Å². The highest BCUT2D eigenvalue weighted by Gasteiger charge is 2.16. The van der Waals surface area contributed by atoms with Gasteiger partial charge < -0.3 is 14.4 Å². The fraction of sp³-hybridized carbons (Fsp3) is 0.364. The minimum atomic E-state index is -0.460. The number of carbonyl (C=O) groups excluding carboxylic acids is 1. The van der Waals surface area contributed by atoms with Gasteiger partial charge in [-0.05, 0) is 78.8 Å². The Morgan fingerprint density at radius 3 is 2.23 bits per heavy atom. The number of esters is 1. The topological polar surface area (TPSA) is 81.9 Å². The summed E-state index contributed by atoms with van der Waals surface area (Å²) >= 11 is 15.2.